The van der Waals surface area contributed by atoms with Crippen LogP contribution in [0.2, 0.25) is 0 Å². The van der Waals surface area contributed by atoms with Gasteiger partial charge in [-0.15, -0.1) is 0 Å². The quantitative estimate of drug-likeness (QED) is 0.641. The van der Waals surface area contributed by atoms with Crippen LogP contribution in [-0.4, -0.2) is 26.3 Å². The fourth-order valence-corrected chi connectivity index (χ4v) is 2.62. The molecule has 0 aromatic heterocycles. The van der Waals surface area contributed by atoms with Gasteiger partial charge in [-0.05, 0) is 47.1 Å². The highest BCUT2D eigenvalue weighted by Gasteiger charge is 2.10. The number of carbonyl (C=O) groups excluding carboxylic acids is 1. The molecule has 0 saturated carbocycles. The van der Waals surface area contributed by atoms with Crippen LogP contribution in [0, 0.1) is 6.92 Å². The summed E-state index contributed by atoms with van der Waals surface area (Å²) in [5.74, 6) is 1.09. The van der Waals surface area contributed by atoms with Crippen molar-refractivity contribution in [3.05, 3.63) is 57.6 Å². The monoisotopic (exact) mass is 376 g/mol. The molecule has 0 heterocycles. The molecule has 0 bridgehead atoms. The predicted octanol–water partition coefficient (Wildman–Crippen LogP) is 3.54. The summed E-state index contributed by atoms with van der Waals surface area (Å²) in [6.07, 6.45) is 1.54. The number of hydrazone groups is 1. The number of methoxy groups -OCH3 is 2. The fourth-order valence-electron chi connectivity index (χ4n) is 2.15. The number of nitrogens with zero attached hydrogens (tertiary/aromatic N) is 1. The molecule has 6 heteroatoms. The number of amides is 1. The number of nitrogens with one attached hydrogen (secondary N) is 1. The standard InChI is InChI=1S/C17H17BrN2O3/c1-11-15(22-2)9-8-12(16(11)23-3)10-19-20-17(21)13-6-4-5-7-14(13)18/h4-10H,1-3H3,(H,20,21). The van der Waals surface area contributed by atoms with Crippen molar-refractivity contribution >= 4 is 28.1 Å². The van der Waals surface area contributed by atoms with Gasteiger partial charge in [0.05, 0.1) is 26.0 Å². The Morgan fingerprint density at radius 1 is 1.17 bits per heavy atom. The highest BCUT2D eigenvalue weighted by atomic mass is 79.9. The number of hydrogen-bond acceptors (Lipinski definition) is 4. The lowest BCUT2D eigenvalue weighted by atomic mass is 10.1. The Bertz CT molecular complexity index is 745. The average Bonchev–Trinajstić information content (AvgIpc) is 2.55. The zero-order valence-electron chi connectivity index (χ0n) is 13.1. The summed E-state index contributed by atoms with van der Waals surface area (Å²) >= 11 is 3.34. The number of halogens is 1. The predicted molar refractivity (Wildman–Crippen MR) is 93.5 cm³/mol. The molecule has 2 aromatic rings. The fraction of sp³-hybridized carbons (Fsp3) is 0.176. The lowest BCUT2D eigenvalue weighted by Gasteiger charge is -2.11. The van der Waals surface area contributed by atoms with Gasteiger partial charge in [-0.1, -0.05) is 12.1 Å². The Balaban J connectivity index is 2.17. The van der Waals surface area contributed by atoms with Gasteiger partial charge < -0.3 is 9.47 Å². The molecule has 0 fully saturated rings. The second-order valence-corrected chi connectivity index (χ2v) is 5.55. The van der Waals surface area contributed by atoms with Crippen LogP contribution in [-0.2, 0) is 0 Å². The molecule has 1 N–H and O–H groups in total. The van der Waals surface area contributed by atoms with Crippen molar-refractivity contribution in [3.8, 4) is 11.5 Å². The van der Waals surface area contributed by atoms with Gasteiger partial charge in [-0.25, -0.2) is 5.43 Å². The third-order valence-electron chi connectivity index (χ3n) is 3.30. The number of hydrogen-bond donors (Lipinski definition) is 1. The first-order valence-electron chi connectivity index (χ1n) is 6.88. The summed E-state index contributed by atoms with van der Waals surface area (Å²) < 4.78 is 11.4. The van der Waals surface area contributed by atoms with Gasteiger partial charge in [0, 0.05) is 15.6 Å². The molecule has 1 amide bonds. The van der Waals surface area contributed by atoms with E-state index in [9.17, 15) is 4.79 Å². The minimum absolute atomic E-state index is 0.294. The van der Waals surface area contributed by atoms with Gasteiger partial charge in [0.25, 0.3) is 5.91 Å². The first kappa shape index (κ1) is 17.0. The Morgan fingerprint density at radius 3 is 2.57 bits per heavy atom. The second-order valence-electron chi connectivity index (χ2n) is 4.69. The van der Waals surface area contributed by atoms with E-state index in [1.54, 1.807) is 38.6 Å². The van der Waals surface area contributed by atoms with E-state index in [-0.39, 0.29) is 5.91 Å². The van der Waals surface area contributed by atoms with Gasteiger partial charge in [-0.3, -0.25) is 4.79 Å². The van der Waals surface area contributed by atoms with Crippen LogP contribution in [0.3, 0.4) is 0 Å². The molecule has 0 aliphatic rings. The van der Waals surface area contributed by atoms with Gasteiger partial charge in [0.15, 0.2) is 0 Å². The number of rotatable bonds is 5. The number of carbonyl (C=O) groups is 1. The van der Waals surface area contributed by atoms with E-state index in [1.165, 1.54) is 0 Å². The zero-order valence-corrected chi connectivity index (χ0v) is 14.7. The molecule has 120 valence electrons. The van der Waals surface area contributed by atoms with E-state index in [4.69, 9.17) is 9.47 Å². The first-order valence-corrected chi connectivity index (χ1v) is 7.67. The summed E-state index contributed by atoms with van der Waals surface area (Å²) in [6, 6.07) is 10.8. The van der Waals surface area contributed by atoms with E-state index < -0.39 is 0 Å². The third-order valence-corrected chi connectivity index (χ3v) is 3.99. The van der Waals surface area contributed by atoms with Crippen LogP contribution in [0.1, 0.15) is 21.5 Å². The minimum atomic E-state index is -0.294. The van der Waals surface area contributed by atoms with Crippen LogP contribution >= 0.6 is 15.9 Å². The SMILES string of the molecule is COc1ccc(C=NNC(=O)c2ccccc2Br)c(OC)c1C. The summed E-state index contributed by atoms with van der Waals surface area (Å²) in [6.45, 7) is 1.90. The smallest absolute Gasteiger partial charge is 0.272 e. The highest BCUT2D eigenvalue weighted by molar-refractivity contribution is 9.10. The maximum Gasteiger partial charge on any atom is 0.272 e. The van der Waals surface area contributed by atoms with Gasteiger partial charge >= 0.3 is 0 Å². The first-order chi connectivity index (χ1) is 11.1. The molecule has 2 aromatic carbocycles. The molecular formula is C17H17BrN2O3. The topological polar surface area (TPSA) is 59.9 Å². The summed E-state index contributed by atoms with van der Waals surface area (Å²) in [5.41, 5.74) is 4.64. The Morgan fingerprint density at radius 2 is 1.91 bits per heavy atom. The van der Waals surface area contributed by atoms with Crippen molar-refractivity contribution in [1.29, 1.82) is 0 Å². The lowest BCUT2D eigenvalue weighted by molar-refractivity contribution is 0.0954. The van der Waals surface area contributed by atoms with Crippen LogP contribution in [0.15, 0.2) is 46.0 Å². The number of benzene rings is 2. The van der Waals surface area contributed by atoms with Crippen molar-refractivity contribution in [3.63, 3.8) is 0 Å². The largest absolute Gasteiger partial charge is 0.496 e. The molecule has 0 atom stereocenters. The minimum Gasteiger partial charge on any atom is -0.496 e. The summed E-state index contributed by atoms with van der Waals surface area (Å²) in [5, 5.41) is 4.00. The zero-order chi connectivity index (χ0) is 16.8. The van der Waals surface area contributed by atoms with Gasteiger partial charge in [0.1, 0.15) is 11.5 Å². The van der Waals surface area contributed by atoms with E-state index >= 15 is 0 Å². The summed E-state index contributed by atoms with van der Waals surface area (Å²) in [7, 11) is 3.19. The molecule has 2 rings (SSSR count). The molecule has 0 radical (unpaired) electrons. The van der Waals surface area contributed by atoms with Gasteiger partial charge in [0.2, 0.25) is 0 Å². The van der Waals surface area contributed by atoms with Gasteiger partial charge in [-0.2, -0.15) is 5.10 Å². The van der Waals surface area contributed by atoms with E-state index in [0.29, 0.717) is 15.8 Å². The molecule has 0 aliphatic heterocycles. The molecular weight excluding hydrogens is 360 g/mol. The van der Waals surface area contributed by atoms with Crippen molar-refractivity contribution in [2.75, 3.05) is 14.2 Å². The van der Waals surface area contributed by atoms with E-state index in [2.05, 4.69) is 26.5 Å². The average molecular weight is 377 g/mol. The number of ether oxygens (including phenoxy) is 2. The highest BCUT2D eigenvalue weighted by Crippen LogP contribution is 2.30. The Hall–Kier alpha value is -2.34. The van der Waals surface area contributed by atoms with Crippen molar-refractivity contribution in [2.45, 2.75) is 6.92 Å². The van der Waals surface area contributed by atoms with Crippen LogP contribution < -0.4 is 14.9 Å². The van der Waals surface area contributed by atoms with Crippen molar-refractivity contribution in [2.24, 2.45) is 5.10 Å². The van der Waals surface area contributed by atoms with Crippen LogP contribution in [0.4, 0.5) is 0 Å². The molecule has 23 heavy (non-hydrogen) atoms. The van der Waals surface area contributed by atoms with E-state index in [0.717, 1.165) is 16.9 Å². The third kappa shape index (κ3) is 3.90. The van der Waals surface area contributed by atoms with Crippen LogP contribution in [0.5, 0.6) is 11.5 Å². The molecule has 0 saturated heterocycles. The molecule has 0 aliphatic carbocycles. The maximum atomic E-state index is 12.1. The van der Waals surface area contributed by atoms with Crippen molar-refractivity contribution in [1.82, 2.24) is 5.43 Å². The van der Waals surface area contributed by atoms with Crippen LogP contribution in [0.25, 0.3) is 0 Å². The Labute approximate surface area is 143 Å². The molecule has 5 nitrogen and oxygen atoms in total. The summed E-state index contributed by atoms with van der Waals surface area (Å²) in [4.78, 5) is 12.1. The molecule has 0 spiro atoms. The molecule has 0 unspecified atom stereocenters. The Kier molecular flexibility index (Phi) is 5.76. The second kappa shape index (κ2) is 7.78. The lowest BCUT2D eigenvalue weighted by Crippen LogP contribution is -2.18. The maximum absolute atomic E-state index is 12.1. The van der Waals surface area contributed by atoms with Crippen molar-refractivity contribution < 1.29 is 14.3 Å². The normalized spacial score (nSPS) is 10.6. The van der Waals surface area contributed by atoms with E-state index in [1.807, 2.05) is 25.1 Å².